The van der Waals surface area contributed by atoms with Crippen LogP contribution in [0, 0.1) is 31.3 Å². The fourth-order valence-electron chi connectivity index (χ4n) is 1.64. The number of nitrogens with zero attached hydrogens (tertiary/aromatic N) is 2. The Labute approximate surface area is 112 Å². The summed E-state index contributed by atoms with van der Waals surface area (Å²) in [5.74, 6) is -5.30. The fourth-order valence-corrected chi connectivity index (χ4v) is 1.64. The van der Waals surface area contributed by atoms with Crippen LogP contribution in [0.1, 0.15) is 21.7 Å². The number of halogens is 3. The lowest BCUT2D eigenvalue weighted by atomic mass is 10.2. The van der Waals surface area contributed by atoms with E-state index in [-0.39, 0.29) is 11.5 Å². The molecule has 0 bridgehead atoms. The number of amides is 1. The number of hydrogen-bond acceptors (Lipinski definition) is 3. The average molecular weight is 281 g/mol. The van der Waals surface area contributed by atoms with Crippen molar-refractivity contribution in [2.24, 2.45) is 0 Å². The van der Waals surface area contributed by atoms with Gasteiger partial charge in [0, 0.05) is 17.0 Å². The third kappa shape index (κ3) is 2.93. The molecule has 0 aliphatic carbocycles. The highest BCUT2D eigenvalue weighted by molar-refractivity contribution is 6.03. The van der Waals surface area contributed by atoms with E-state index in [2.05, 4.69) is 15.3 Å². The Balaban J connectivity index is 2.28. The maximum Gasteiger partial charge on any atom is 0.258 e. The Kier molecular flexibility index (Phi) is 3.69. The molecule has 104 valence electrons. The van der Waals surface area contributed by atoms with Crippen LogP contribution in [-0.2, 0) is 0 Å². The summed E-state index contributed by atoms with van der Waals surface area (Å²) in [5, 5.41) is 2.30. The van der Waals surface area contributed by atoms with Crippen LogP contribution in [0.15, 0.2) is 18.2 Å². The van der Waals surface area contributed by atoms with Crippen molar-refractivity contribution in [2.45, 2.75) is 13.8 Å². The van der Waals surface area contributed by atoms with Crippen LogP contribution in [0.25, 0.3) is 0 Å². The van der Waals surface area contributed by atoms with Crippen molar-refractivity contribution in [3.8, 4) is 0 Å². The molecule has 2 aromatic rings. The first-order valence-electron chi connectivity index (χ1n) is 5.65. The smallest absolute Gasteiger partial charge is 0.258 e. The van der Waals surface area contributed by atoms with Crippen molar-refractivity contribution in [1.82, 2.24) is 9.97 Å². The van der Waals surface area contributed by atoms with Crippen LogP contribution in [0.4, 0.5) is 19.1 Å². The molecule has 0 saturated heterocycles. The number of carbonyl (C=O) groups is 1. The first-order valence-corrected chi connectivity index (χ1v) is 5.65. The first-order chi connectivity index (χ1) is 9.36. The van der Waals surface area contributed by atoms with E-state index < -0.39 is 23.4 Å². The topological polar surface area (TPSA) is 54.9 Å². The minimum atomic E-state index is -1.62. The predicted molar refractivity (Wildman–Crippen MR) is 65.8 cm³/mol. The Morgan fingerprint density at radius 2 is 1.50 bits per heavy atom. The lowest BCUT2D eigenvalue weighted by Crippen LogP contribution is -2.16. The number of nitrogens with one attached hydrogen (secondary N) is 1. The van der Waals surface area contributed by atoms with Crippen molar-refractivity contribution in [2.75, 3.05) is 5.32 Å². The first kappa shape index (κ1) is 14.0. The summed E-state index contributed by atoms with van der Waals surface area (Å²) in [6.07, 6.45) is 0. The van der Waals surface area contributed by atoms with Gasteiger partial charge in [-0.3, -0.25) is 10.1 Å². The van der Waals surface area contributed by atoms with Gasteiger partial charge in [-0.2, -0.15) is 0 Å². The van der Waals surface area contributed by atoms with Crippen LogP contribution in [0.3, 0.4) is 0 Å². The zero-order valence-corrected chi connectivity index (χ0v) is 10.7. The average Bonchev–Trinajstić information content (AvgIpc) is 2.33. The molecule has 7 heteroatoms. The molecule has 1 aromatic carbocycles. The van der Waals surface area contributed by atoms with E-state index >= 15 is 0 Å². The highest BCUT2D eigenvalue weighted by Crippen LogP contribution is 2.14. The SMILES string of the molecule is Cc1cc(C)nc(NC(=O)c2cc(F)c(F)c(F)c2)n1. The second-order valence-corrected chi connectivity index (χ2v) is 4.18. The normalized spacial score (nSPS) is 10.4. The summed E-state index contributed by atoms with van der Waals surface area (Å²) in [5.41, 5.74) is 0.901. The molecule has 20 heavy (non-hydrogen) atoms. The highest BCUT2D eigenvalue weighted by atomic mass is 19.2. The largest absolute Gasteiger partial charge is 0.290 e. The van der Waals surface area contributed by atoms with Crippen LogP contribution < -0.4 is 5.32 Å². The van der Waals surface area contributed by atoms with Crippen molar-refractivity contribution < 1.29 is 18.0 Å². The van der Waals surface area contributed by atoms with E-state index in [1.165, 1.54) is 0 Å². The molecule has 4 nitrogen and oxygen atoms in total. The van der Waals surface area contributed by atoms with E-state index in [9.17, 15) is 18.0 Å². The summed E-state index contributed by atoms with van der Waals surface area (Å²) in [6, 6.07) is 2.92. The number of benzene rings is 1. The number of anilines is 1. The zero-order chi connectivity index (χ0) is 14.9. The summed E-state index contributed by atoms with van der Waals surface area (Å²) in [6.45, 7) is 3.42. The molecule has 1 aromatic heterocycles. The van der Waals surface area contributed by atoms with Gasteiger partial charge in [0.2, 0.25) is 5.95 Å². The molecule has 0 spiro atoms. The Morgan fingerprint density at radius 1 is 1.00 bits per heavy atom. The van der Waals surface area contributed by atoms with Crippen molar-refractivity contribution >= 4 is 11.9 Å². The highest BCUT2D eigenvalue weighted by Gasteiger charge is 2.16. The minimum Gasteiger partial charge on any atom is -0.290 e. The van der Waals surface area contributed by atoms with Crippen molar-refractivity contribution in [3.05, 3.63) is 52.6 Å². The van der Waals surface area contributed by atoms with Crippen molar-refractivity contribution in [1.29, 1.82) is 0 Å². The summed E-state index contributed by atoms with van der Waals surface area (Å²) in [7, 11) is 0. The van der Waals surface area contributed by atoms with Gasteiger partial charge < -0.3 is 0 Å². The molecular weight excluding hydrogens is 271 g/mol. The third-order valence-corrected chi connectivity index (χ3v) is 2.45. The van der Waals surface area contributed by atoms with Gasteiger partial charge in [0.25, 0.3) is 5.91 Å². The molecule has 0 radical (unpaired) electrons. The summed E-state index contributed by atoms with van der Waals surface area (Å²) in [4.78, 5) is 19.7. The molecule has 0 unspecified atom stereocenters. The molecule has 0 aliphatic rings. The Bertz CT molecular complexity index is 645. The Morgan fingerprint density at radius 3 is 2.00 bits per heavy atom. The van der Waals surface area contributed by atoms with Crippen LogP contribution in [0.5, 0.6) is 0 Å². The van der Waals surface area contributed by atoms with Gasteiger partial charge in [0.05, 0.1) is 0 Å². The van der Waals surface area contributed by atoms with Gasteiger partial charge in [-0.15, -0.1) is 0 Å². The summed E-state index contributed by atoms with van der Waals surface area (Å²) < 4.78 is 38.9. The van der Waals surface area contributed by atoms with E-state index in [0.717, 1.165) is 0 Å². The molecule has 0 aliphatic heterocycles. The van der Waals surface area contributed by atoms with Crippen LogP contribution in [0.2, 0.25) is 0 Å². The molecule has 0 atom stereocenters. The number of aromatic nitrogens is 2. The molecular formula is C13H10F3N3O. The fraction of sp³-hybridized carbons (Fsp3) is 0.154. The summed E-state index contributed by atoms with van der Waals surface area (Å²) >= 11 is 0. The monoisotopic (exact) mass is 281 g/mol. The second kappa shape index (κ2) is 5.28. The molecule has 1 amide bonds. The van der Waals surface area contributed by atoms with E-state index in [1.807, 2.05) is 0 Å². The number of carbonyl (C=O) groups excluding carboxylic acids is 1. The molecule has 0 fully saturated rings. The minimum absolute atomic E-state index is 0.0117. The van der Waals surface area contributed by atoms with Crippen LogP contribution in [-0.4, -0.2) is 15.9 Å². The predicted octanol–water partition coefficient (Wildman–Crippen LogP) is 2.76. The molecule has 0 saturated carbocycles. The van der Waals surface area contributed by atoms with Gasteiger partial charge in [-0.25, -0.2) is 23.1 Å². The molecule has 2 rings (SSSR count). The van der Waals surface area contributed by atoms with Gasteiger partial charge in [-0.05, 0) is 32.0 Å². The van der Waals surface area contributed by atoms with E-state index in [0.29, 0.717) is 23.5 Å². The van der Waals surface area contributed by atoms with E-state index in [4.69, 9.17) is 0 Å². The van der Waals surface area contributed by atoms with Gasteiger partial charge in [-0.1, -0.05) is 0 Å². The zero-order valence-electron chi connectivity index (χ0n) is 10.7. The second-order valence-electron chi connectivity index (χ2n) is 4.18. The lowest BCUT2D eigenvalue weighted by Gasteiger charge is -2.06. The molecule has 1 N–H and O–H groups in total. The maximum atomic E-state index is 13.0. The molecule has 1 heterocycles. The quantitative estimate of drug-likeness (QED) is 0.861. The maximum absolute atomic E-state index is 13.0. The Hall–Kier alpha value is -2.44. The lowest BCUT2D eigenvalue weighted by molar-refractivity contribution is 0.102. The van der Waals surface area contributed by atoms with Crippen LogP contribution >= 0.6 is 0 Å². The van der Waals surface area contributed by atoms with Crippen molar-refractivity contribution in [3.63, 3.8) is 0 Å². The number of rotatable bonds is 2. The number of hydrogen-bond donors (Lipinski definition) is 1. The van der Waals surface area contributed by atoms with E-state index in [1.54, 1.807) is 19.9 Å². The van der Waals surface area contributed by atoms with Gasteiger partial charge in [0.1, 0.15) is 0 Å². The number of aryl methyl sites for hydroxylation is 2. The third-order valence-electron chi connectivity index (χ3n) is 2.45. The standard InChI is InChI=1S/C13H10F3N3O/c1-6-3-7(2)18-13(17-6)19-12(20)8-4-9(14)11(16)10(15)5-8/h3-5H,1-2H3,(H,17,18,19,20). The van der Waals surface area contributed by atoms with Gasteiger partial charge >= 0.3 is 0 Å². The van der Waals surface area contributed by atoms with Gasteiger partial charge in [0.15, 0.2) is 17.5 Å².